The topological polar surface area (TPSA) is 62.1 Å². The Bertz CT molecular complexity index is 285. The number of nitrogens with one attached hydrogen (secondary N) is 1. The van der Waals surface area contributed by atoms with Crippen LogP contribution in [0.4, 0.5) is 0 Å². The summed E-state index contributed by atoms with van der Waals surface area (Å²) in [5.41, 5.74) is -1.18. The number of amides is 1. The number of nitriles is 1. The smallest absolute Gasteiger partial charge is 0.240 e. The van der Waals surface area contributed by atoms with E-state index in [0.717, 1.165) is 12.8 Å². The lowest BCUT2D eigenvalue weighted by Gasteiger charge is -2.36. The van der Waals surface area contributed by atoms with Crippen molar-refractivity contribution in [1.29, 1.82) is 5.26 Å². The molecule has 1 fully saturated rings. The lowest BCUT2D eigenvalue weighted by atomic mass is 9.88. The first-order valence-corrected chi connectivity index (χ1v) is 5.21. The van der Waals surface area contributed by atoms with Crippen LogP contribution in [0.5, 0.6) is 0 Å². The average Bonchev–Trinajstić information content (AvgIpc) is 2.18. The molecule has 4 heteroatoms. The number of nitrogens with zero attached hydrogens (tertiary/aromatic N) is 1. The van der Waals surface area contributed by atoms with E-state index in [-0.39, 0.29) is 11.4 Å². The number of carbonyl (C=O) groups excluding carboxylic acids is 1. The van der Waals surface area contributed by atoms with Gasteiger partial charge in [-0.3, -0.25) is 4.79 Å². The first-order chi connectivity index (χ1) is 6.90. The monoisotopic (exact) mass is 210 g/mol. The molecule has 0 aromatic rings. The zero-order chi connectivity index (χ0) is 11.5. The third-order valence-corrected chi connectivity index (χ3v) is 2.86. The molecule has 1 heterocycles. The highest BCUT2D eigenvalue weighted by Crippen LogP contribution is 2.22. The summed E-state index contributed by atoms with van der Waals surface area (Å²) >= 11 is 0. The molecular formula is C11H18N2O2. The SMILES string of the molecule is CC1(NC(=O)C(C)(C)C#N)CCOCC1. The fraction of sp³-hybridized carbons (Fsp3) is 0.818. The fourth-order valence-corrected chi connectivity index (χ4v) is 1.43. The van der Waals surface area contributed by atoms with Crippen LogP contribution in [0.25, 0.3) is 0 Å². The standard InChI is InChI=1S/C11H18N2O2/c1-10(2,8-12)9(14)13-11(3)4-6-15-7-5-11/h4-7H2,1-3H3,(H,13,14). The summed E-state index contributed by atoms with van der Waals surface area (Å²) in [6.07, 6.45) is 1.61. The zero-order valence-electron chi connectivity index (χ0n) is 9.59. The van der Waals surface area contributed by atoms with Gasteiger partial charge in [-0.15, -0.1) is 0 Å². The molecule has 0 radical (unpaired) electrons. The van der Waals surface area contributed by atoms with Crippen LogP contribution in [0.2, 0.25) is 0 Å². The first-order valence-electron chi connectivity index (χ1n) is 5.21. The van der Waals surface area contributed by atoms with Gasteiger partial charge in [0.15, 0.2) is 0 Å². The molecule has 1 rings (SSSR count). The van der Waals surface area contributed by atoms with Crippen molar-refractivity contribution < 1.29 is 9.53 Å². The highest BCUT2D eigenvalue weighted by molar-refractivity contribution is 5.85. The summed E-state index contributed by atoms with van der Waals surface area (Å²) in [6.45, 7) is 6.60. The molecule has 0 aromatic heterocycles. The Morgan fingerprint density at radius 3 is 2.47 bits per heavy atom. The molecule has 1 aliphatic rings. The summed E-state index contributed by atoms with van der Waals surface area (Å²) in [5, 5.41) is 11.8. The average molecular weight is 210 g/mol. The summed E-state index contributed by atoms with van der Waals surface area (Å²) < 4.78 is 5.24. The molecule has 0 spiro atoms. The van der Waals surface area contributed by atoms with Gasteiger partial charge >= 0.3 is 0 Å². The maximum absolute atomic E-state index is 11.8. The van der Waals surface area contributed by atoms with Gasteiger partial charge < -0.3 is 10.1 Å². The lowest BCUT2D eigenvalue weighted by Crippen LogP contribution is -2.53. The van der Waals surface area contributed by atoms with E-state index in [2.05, 4.69) is 5.32 Å². The van der Waals surface area contributed by atoms with E-state index in [1.54, 1.807) is 13.8 Å². The molecule has 1 amide bonds. The van der Waals surface area contributed by atoms with E-state index in [9.17, 15) is 4.79 Å². The Morgan fingerprint density at radius 2 is 2.00 bits per heavy atom. The van der Waals surface area contributed by atoms with Gasteiger partial charge in [-0.1, -0.05) is 0 Å². The van der Waals surface area contributed by atoms with Crippen LogP contribution in [0, 0.1) is 16.7 Å². The lowest BCUT2D eigenvalue weighted by molar-refractivity contribution is -0.129. The van der Waals surface area contributed by atoms with Crippen LogP contribution < -0.4 is 5.32 Å². The maximum Gasteiger partial charge on any atom is 0.240 e. The van der Waals surface area contributed by atoms with Gasteiger partial charge in [0.1, 0.15) is 5.41 Å². The van der Waals surface area contributed by atoms with Crippen molar-refractivity contribution in [3.8, 4) is 6.07 Å². The number of rotatable bonds is 2. The van der Waals surface area contributed by atoms with E-state index >= 15 is 0 Å². The summed E-state index contributed by atoms with van der Waals surface area (Å²) in [5.74, 6) is -0.200. The second kappa shape index (κ2) is 4.19. The third-order valence-electron chi connectivity index (χ3n) is 2.86. The number of ether oxygens (including phenoxy) is 1. The van der Waals surface area contributed by atoms with Crippen LogP contribution in [0.15, 0.2) is 0 Å². The van der Waals surface area contributed by atoms with Gasteiger partial charge in [0.2, 0.25) is 5.91 Å². The van der Waals surface area contributed by atoms with Crippen LogP contribution in [0.3, 0.4) is 0 Å². The van der Waals surface area contributed by atoms with Crippen molar-refractivity contribution in [3.63, 3.8) is 0 Å². The zero-order valence-corrected chi connectivity index (χ0v) is 9.59. The molecular weight excluding hydrogens is 192 g/mol. The molecule has 4 nitrogen and oxygen atoms in total. The van der Waals surface area contributed by atoms with Gasteiger partial charge in [-0.05, 0) is 33.6 Å². The molecule has 1 saturated heterocycles. The van der Waals surface area contributed by atoms with Crippen molar-refractivity contribution in [2.75, 3.05) is 13.2 Å². The van der Waals surface area contributed by atoms with Crippen molar-refractivity contribution in [2.24, 2.45) is 5.41 Å². The predicted molar refractivity (Wildman–Crippen MR) is 56.0 cm³/mol. The molecule has 0 aliphatic carbocycles. The van der Waals surface area contributed by atoms with E-state index in [1.165, 1.54) is 0 Å². The van der Waals surface area contributed by atoms with Gasteiger partial charge in [-0.2, -0.15) is 5.26 Å². The predicted octanol–water partition coefficient (Wildman–Crippen LogP) is 1.22. The third kappa shape index (κ3) is 2.93. The van der Waals surface area contributed by atoms with Crippen LogP contribution in [-0.4, -0.2) is 24.7 Å². The first kappa shape index (κ1) is 12.0. The highest BCUT2D eigenvalue weighted by atomic mass is 16.5. The Kier molecular flexibility index (Phi) is 3.35. The Labute approximate surface area is 90.6 Å². The minimum absolute atomic E-state index is 0.200. The Morgan fingerprint density at radius 1 is 1.47 bits per heavy atom. The van der Waals surface area contributed by atoms with Crippen molar-refractivity contribution in [2.45, 2.75) is 39.2 Å². The van der Waals surface area contributed by atoms with Crippen LogP contribution in [0.1, 0.15) is 33.6 Å². The van der Waals surface area contributed by atoms with E-state index in [0.29, 0.717) is 13.2 Å². The van der Waals surface area contributed by atoms with E-state index in [1.807, 2.05) is 13.0 Å². The highest BCUT2D eigenvalue weighted by Gasteiger charge is 2.35. The molecule has 0 bridgehead atoms. The molecule has 0 unspecified atom stereocenters. The molecule has 1 aliphatic heterocycles. The second-order valence-electron chi connectivity index (χ2n) is 4.86. The van der Waals surface area contributed by atoms with Gasteiger partial charge in [0.05, 0.1) is 6.07 Å². The Balaban J connectivity index is 2.61. The van der Waals surface area contributed by atoms with E-state index < -0.39 is 5.41 Å². The maximum atomic E-state index is 11.8. The van der Waals surface area contributed by atoms with Crippen LogP contribution >= 0.6 is 0 Å². The molecule has 0 atom stereocenters. The molecule has 15 heavy (non-hydrogen) atoms. The minimum Gasteiger partial charge on any atom is -0.381 e. The summed E-state index contributed by atoms with van der Waals surface area (Å²) in [4.78, 5) is 11.8. The molecule has 0 saturated carbocycles. The fourth-order valence-electron chi connectivity index (χ4n) is 1.43. The Hall–Kier alpha value is -1.08. The van der Waals surface area contributed by atoms with Gasteiger partial charge in [0, 0.05) is 18.8 Å². The second-order valence-corrected chi connectivity index (χ2v) is 4.86. The van der Waals surface area contributed by atoms with Crippen molar-refractivity contribution in [3.05, 3.63) is 0 Å². The largest absolute Gasteiger partial charge is 0.381 e. The minimum atomic E-state index is -0.957. The summed E-state index contributed by atoms with van der Waals surface area (Å²) in [6, 6.07) is 2.00. The molecule has 0 aromatic carbocycles. The van der Waals surface area contributed by atoms with Gasteiger partial charge in [0.25, 0.3) is 0 Å². The molecule has 84 valence electrons. The van der Waals surface area contributed by atoms with Crippen LogP contribution in [-0.2, 0) is 9.53 Å². The number of hydrogen-bond donors (Lipinski definition) is 1. The van der Waals surface area contributed by atoms with Crippen molar-refractivity contribution >= 4 is 5.91 Å². The number of carbonyl (C=O) groups is 1. The normalized spacial score (nSPS) is 20.4. The quantitative estimate of drug-likeness (QED) is 0.745. The molecule has 1 N–H and O–H groups in total. The van der Waals surface area contributed by atoms with E-state index in [4.69, 9.17) is 10.00 Å². The number of hydrogen-bond acceptors (Lipinski definition) is 3. The van der Waals surface area contributed by atoms with Gasteiger partial charge in [-0.25, -0.2) is 0 Å². The van der Waals surface area contributed by atoms with Crippen molar-refractivity contribution in [1.82, 2.24) is 5.32 Å². The summed E-state index contributed by atoms with van der Waals surface area (Å²) in [7, 11) is 0.